The molecule has 0 aliphatic carbocycles. The van der Waals surface area contributed by atoms with Crippen molar-refractivity contribution >= 4 is 27.9 Å². The Morgan fingerprint density at radius 2 is 2.00 bits per heavy atom. The number of likely N-dealkylation sites (tertiary alicyclic amines) is 1. The molecule has 2 N–H and O–H groups in total. The molecular weight excluding hydrogens is 389 g/mol. The largest absolute Gasteiger partial charge is 0.507 e. The minimum absolute atomic E-state index is 0.229. The van der Waals surface area contributed by atoms with E-state index in [0.29, 0.717) is 11.5 Å². The van der Waals surface area contributed by atoms with Crippen LogP contribution in [0.4, 0.5) is 19.0 Å². The lowest BCUT2D eigenvalue weighted by Crippen LogP contribution is -2.39. The molecule has 0 bridgehead atoms. The Bertz CT molecular complexity index is 1000. The number of rotatable bonds is 3. The van der Waals surface area contributed by atoms with Crippen LogP contribution < -0.4 is 5.32 Å². The number of aromatic nitrogens is 2. The van der Waals surface area contributed by atoms with Crippen LogP contribution in [-0.4, -0.2) is 46.4 Å². The fraction of sp³-hybridized carbons (Fsp3) is 0.368. The normalized spacial score (nSPS) is 18.5. The van der Waals surface area contributed by atoms with Crippen LogP contribution in [0.1, 0.15) is 18.4 Å². The Kier molecular flexibility index (Phi) is 4.88. The van der Waals surface area contributed by atoms with E-state index in [2.05, 4.69) is 27.5 Å². The third-order valence-electron chi connectivity index (χ3n) is 4.97. The lowest BCUT2D eigenvalue weighted by molar-refractivity contribution is -0.137. The number of phenolic OH excluding ortho intramolecular Hbond substituents is 1. The summed E-state index contributed by atoms with van der Waals surface area (Å²) in [4.78, 5) is 2.26. The van der Waals surface area contributed by atoms with E-state index < -0.39 is 17.5 Å². The Morgan fingerprint density at radius 3 is 2.71 bits per heavy atom. The highest BCUT2D eigenvalue weighted by molar-refractivity contribution is 7.09. The number of fused-ring (bicyclic) bond motifs is 1. The van der Waals surface area contributed by atoms with Crippen LogP contribution in [0.15, 0.2) is 29.0 Å². The first kappa shape index (κ1) is 18.9. The van der Waals surface area contributed by atoms with Crippen LogP contribution in [0, 0.1) is 0 Å². The highest BCUT2D eigenvalue weighted by Crippen LogP contribution is 2.39. The fourth-order valence-electron chi connectivity index (χ4n) is 3.56. The lowest BCUT2D eigenvalue weighted by Gasteiger charge is -2.30. The molecule has 1 aliphatic heterocycles. The van der Waals surface area contributed by atoms with Gasteiger partial charge >= 0.3 is 6.18 Å². The second kappa shape index (κ2) is 7.21. The molecule has 2 aromatic heterocycles. The minimum Gasteiger partial charge on any atom is -0.507 e. The van der Waals surface area contributed by atoms with Gasteiger partial charge in [0, 0.05) is 39.7 Å². The van der Waals surface area contributed by atoms with Crippen molar-refractivity contribution in [1.29, 1.82) is 0 Å². The zero-order chi connectivity index (χ0) is 19.9. The van der Waals surface area contributed by atoms with Gasteiger partial charge in [0.25, 0.3) is 0 Å². The summed E-state index contributed by atoms with van der Waals surface area (Å²) >= 11 is 1.46. The number of alkyl halides is 3. The predicted molar refractivity (Wildman–Crippen MR) is 104 cm³/mol. The van der Waals surface area contributed by atoms with Crippen LogP contribution in [0.5, 0.6) is 5.75 Å². The maximum absolute atomic E-state index is 12.9. The average Bonchev–Trinajstić information content (AvgIpc) is 3.12. The van der Waals surface area contributed by atoms with Crippen molar-refractivity contribution < 1.29 is 18.3 Å². The zero-order valence-electron chi connectivity index (χ0n) is 15.1. The third kappa shape index (κ3) is 3.64. The monoisotopic (exact) mass is 408 g/mol. The quantitative estimate of drug-likeness (QED) is 0.664. The van der Waals surface area contributed by atoms with Gasteiger partial charge in [-0.1, -0.05) is 0 Å². The van der Waals surface area contributed by atoms with Gasteiger partial charge in [0.05, 0.1) is 5.56 Å². The minimum atomic E-state index is -4.51. The molecule has 0 amide bonds. The van der Waals surface area contributed by atoms with E-state index in [-0.39, 0.29) is 11.6 Å². The number of thiophene rings is 1. The van der Waals surface area contributed by atoms with E-state index in [4.69, 9.17) is 0 Å². The average molecular weight is 408 g/mol. The fourth-order valence-corrected chi connectivity index (χ4v) is 4.38. The molecule has 9 heteroatoms. The van der Waals surface area contributed by atoms with Gasteiger partial charge in [0.2, 0.25) is 0 Å². The first-order valence-electron chi connectivity index (χ1n) is 8.91. The van der Waals surface area contributed by atoms with Crippen LogP contribution >= 0.6 is 11.3 Å². The highest BCUT2D eigenvalue weighted by atomic mass is 32.1. The number of nitrogens with one attached hydrogen (secondary N) is 1. The van der Waals surface area contributed by atoms with Crippen molar-refractivity contribution in [3.8, 4) is 17.0 Å². The first-order chi connectivity index (χ1) is 13.3. The molecule has 3 aromatic rings. The van der Waals surface area contributed by atoms with E-state index in [1.807, 2.05) is 10.8 Å². The molecule has 28 heavy (non-hydrogen) atoms. The molecular formula is C19H19F3N4OS. The van der Waals surface area contributed by atoms with Crippen LogP contribution in [-0.2, 0) is 6.18 Å². The van der Waals surface area contributed by atoms with E-state index >= 15 is 0 Å². The molecule has 1 aromatic carbocycles. The van der Waals surface area contributed by atoms with E-state index in [1.165, 1.54) is 17.4 Å². The molecule has 0 radical (unpaired) electrons. The molecule has 0 saturated carbocycles. The molecule has 4 rings (SSSR count). The van der Waals surface area contributed by atoms with Crippen molar-refractivity contribution in [2.75, 3.05) is 25.5 Å². The summed E-state index contributed by atoms with van der Waals surface area (Å²) < 4.78 is 38.6. The van der Waals surface area contributed by atoms with Crippen molar-refractivity contribution in [1.82, 2.24) is 15.1 Å². The summed E-state index contributed by atoms with van der Waals surface area (Å²) in [6.45, 7) is 1.98. The van der Waals surface area contributed by atoms with Gasteiger partial charge in [-0.05, 0) is 44.6 Å². The number of nitrogens with zero attached hydrogens (tertiary/aromatic N) is 3. The summed E-state index contributed by atoms with van der Waals surface area (Å²) in [5.41, 5.74) is -0.301. The van der Waals surface area contributed by atoms with Gasteiger partial charge < -0.3 is 15.3 Å². The maximum atomic E-state index is 12.9. The SMILES string of the molecule is CN1CCCC(Nc2nnc(-c3ccc(C(F)(F)F)cc3O)c3cscc23)C1. The molecule has 5 nitrogen and oxygen atoms in total. The molecule has 1 fully saturated rings. The number of anilines is 1. The van der Waals surface area contributed by atoms with Gasteiger partial charge in [-0.15, -0.1) is 10.2 Å². The van der Waals surface area contributed by atoms with Crippen LogP contribution in [0.2, 0.25) is 0 Å². The highest BCUT2D eigenvalue weighted by Gasteiger charge is 2.31. The number of piperidine rings is 1. The number of hydrogen-bond acceptors (Lipinski definition) is 6. The first-order valence-corrected chi connectivity index (χ1v) is 9.85. The summed E-state index contributed by atoms with van der Waals surface area (Å²) in [5.74, 6) is 0.193. The predicted octanol–water partition coefficient (Wildman–Crippen LogP) is 4.59. The number of phenols is 1. The Morgan fingerprint density at radius 1 is 1.21 bits per heavy atom. The second-order valence-electron chi connectivity index (χ2n) is 7.07. The molecule has 148 valence electrons. The van der Waals surface area contributed by atoms with Crippen LogP contribution in [0.3, 0.4) is 0 Å². The van der Waals surface area contributed by atoms with Gasteiger partial charge in [0.1, 0.15) is 11.4 Å². The molecule has 1 atom stereocenters. The van der Waals surface area contributed by atoms with Crippen molar-refractivity contribution in [3.63, 3.8) is 0 Å². The van der Waals surface area contributed by atoms with E-state index in [9.17, 15) is 18.3 Å². The summed E-state index contributed by atoms with van der Waals surface area (Å²) in [5, 5.41) is 27.5. The Labute approximate surface area is 163 Å². The molecule has 1 unspecified atom stereocenters. The number of halogens is 3. The summed E-state index contributed by atoms with van der Waals surface area (Å²) in [6, 6.07) is 3.17. The Balaban J connectivity index is 1.70. The van der Waals surface area contributed by atoms with E-state index in [1.54, 1.807) is 0 Å². The van der Waals surface area contributed by atoms with Gasteiger partial charge in [-0.3, -0.25) is 0 Å². The van der Waals surface area contributed by atoms with E-state index in [0.717, 1.165) is 48.8 Å². The standard InChI is InChI=1S/C19H19F3N4OS/c1-26-6-2-3-12(8-26)23-18-15-10-28-9-14(15)17(24-25-18)13-5-4-11(7-16(13)27)19(20,21)22/h4-5,7,9-10,12,27H,2-3,6,8H2,1H3,(H,23,25). The van der Waals surface area contributed by atoms with Gasteiger partial charge in [-0.25, -0.2) is 0 Å². The molecule has 0 spiro atoms. The van der Waals surface area contributed by atoms with Crippen LogP contribution in [0.25, 0.3) is 22.0 Å². The van der Waals surface area contributed by atoms with Crippen molar-refractivity contribution in [2.24, 2.45) is 0 Å². The third-order valence-corrected chi connectivity index (χ3v) is 5.71. The van der Waals surface area contributed by atoms with Gasteiger partial charge in [-0.2, -0.15) is 24.5 Å². The van der Waals surface area contributed by atoms with Gasteiger partial charge in [0.15, 0.2) is 5.82 Å². The summed E-state index contributed by atoms with van der Waals surface area (Å²) in [7, 11) is 2.08. The molecule has 1 saturated heterocycles. The Hall–Kier alpha value is -2.39. The second-order valence-corrected chi connectivity index (χ2v) is 7.82. The zero-order valence-corrected chi connectivity index (χ0v) is 15.9. The summed E-state index contributed by atoms with van der Waals surface area (Å²) in [6.07, 6.45) is -2.37. The smallest absolute Gasteiger partial charge is 0.416 e. The number of aromatic hydroxyl groups is 1. The van der Waals surface area contributed by atoms with Crippen molar-refractivity contribution in [2.45, 2.75) is 25.1 Å². The molecule has 3 heterocycles. The maximum Gasteiger partial charge on any atom is 0.416 e. The van der Waals surface area contributed by atoms with Crippen molar-refractivity contribution in [3.05, 3.63) is 34.5 Å². The molecule has 1 aliphatic rings. The lowest BCUT2D eigenvalue weighted by atomic mass is 10.0. The number of hydrogen-bond donors (Lipinski definition) is 2. The number of likely N-dealkylation sites (N-methyl/N-ethyl adjacent to an activating group) is 1. The number of benzene rings is 1. The topological polar surface area (TPSA) is 61.3 Å².